The summed E-state index contributed by atoms with van der Waals surface area (Å²) in [7, 11) is 2.94. The summed E-state index contributed by atoms with van der Waals surface area (Å²) in [6.07, 6.45) is 0.0822. The normalized spacial score (nSPS) is 10.7. The van der Waals surface area contributed by atoms with Crippen molar-refractivity contribution >= 4 is 23.4 Å². The molecule has 11 heteroatoms. The molecule has 0 radical (unpaired) electrons. The molecule has 0 aliphatic heterocycles. The number of nitrogens with zero attached hydrogens (tertiary/aromatic N) is 3. The lowest BCUT2D eigenvalue weighted by atomic mass is 10.2. The number of thioether (sulfide) groups is 1. The second-order valence-electron chi connectivity index (χ2n) is 6.11. The van der Waals surface area contributed by atoms with Crippen molar-refractivity contribution in [3.8, 4) is 5.75 Å². The molecule has 0 fully saturated rings. The zero-order valence-electron chi connectivity index (χ0n) is 16.0. The molecule has 0 saturated carbocycles. The molecule has 1 amide bonds. The quantitative estimate of drug-likeness (QED) is 0.546. The number of aromatic amines is 1. The molecule has 0 bridgehead atoms. The van der Waals surface area contributed by atoms with Crippen molar-refractivity contribution in [1.29, 1.82) is 0 Å². The molecule has 3 rings (SSSR count). The van der Waals surface area contributed by atoms with E-state index in [1.807, 2.05) is 0 Å². The topological polar surface area (TPSA) is 132 Å². The number of ether oxygens (including phenoxy) is 1. The van der Waals surface area contributed by atoms with Crippen LogP contribution in [0.15, 0.2) is 43.5 Å². The average Bonchev–Trinajstić information content (AvgIpc) is 3.16. The molecule has 10 nitrogen and oxygen atoms in total. The van der Waals surface area contributed by atoms with E-state index >= 15 is 0 Å². The fraction of sp³-hybridized carbons (Fsp3) is 0.278. The van der Waals surface area contributed by atoms with E-state index in [0.29, 0.717) is 22.7 Å². The zero-order chi connectivity index (χ0) is 21.0. The predicted octanol–water partition coefficient (Wildman–Crippen LogP) is 1.10. The van der Waals surface area contributed by atoms with Crippen LogP contribution in [-0.4, -0.2) is 38.5 Å². The summed E-state index contributed by atoms with van der Waals surface area (Å²) in [5.41, 5.74) is 0.521. The van der Waals surface area contributed by atoms with Gasteiger partial charge in [-0.25, -0.2) is 4.79 Å². The maximum atomic E-state index is 12.2. The Morgan fingerprint density at radius 3 is 2.90 bits per heavy atom. The highest BCUT2D eigenvalue weighted by Gasteiger charge is 2.15. The van der Waals surface area contributed by atoms with Gasteiger partial charge in [0.15, 0.2) is 0 Å². The fourth-order valence-electron chi connectivity index (χ4n) is 2.53. The molecule has 1 aromatic carbocycles. The van der Waals surface area contributed by atoms with Crippen LogP contribution in [0.1, 0.15) is 17.1 Å². The largest absolute Gasteiger partial charge is 0.497 e. The van der Waals surface area contributed by atoms with Crippen molar-refractivity contribution < 1.29 is 13.9 Å². The van der Waals surface area contributed by atoms with Crippen LogP contribution in [0.4, 0.5) is 5.69 Å². The summed E-state index contributed by atoms with van der Waals surface area (Å²) in [4.78, 5) is 38.5. The number of amides is 1. The van der Waals surface area contributed by atoms with Crippen LogP contribution in [0.25, 0.3) is 0 Å². The number of hydrogen-bond acceptors (Lipinski definition) is 8. The fourth-order valence-corrected chi connectivity index (χ4v) is 3.11. The standard InChI is InChI=1S/C18H19N5O5S/c1-10-13(16(25)23(2)17(26)19-10)8-15-21-22-18(28-15)29-9-14(24)20-11-5-4-6-12(7-11)27-3/h4-7H,8-9H2,1-3H3,(H,19,26)(H,20,24). The van der Waals surface area contributed by atoms with Gasteiger partial charge in [0.2, 0.25) is 11.8 Å². The maximum absolute atomic E-state index is 12.2. The zero-order valence-corrected chi connectivity index (χ0v) is 16.8. The predicted molar refractivity (Wildman–Crippen MR) is 106 cm³/mol. The summed E-state index contributed by atoms with van der Waals surface area (Å²) >= 11 is 1.08. The number of anilines is 1. The van der Waals surface area contributed by atoms with Crippen molar-refractivity contribution in [2.24, 2.45) is 7.05 Å². The van der Waals surface area contributed by atoms with Crippen LogP contribution < -0.4 is 21.3 Å². The number of aromatic nitrogens is 4. The van der Waals surface area contributed by atoms with Gasteiger partial charge < -0.3 is 19.5 Å². The summed E-state index contributed by atoms with van der Waals surface area (Å²) in [6, 6.07) is 7.01. The number of H-pyrrole nitrogens is 1. The Balaban J connectivity index is 1.61. The van der Waals surface area contributed by atoms with E-state index in [2.05, 4.69) is 20.5 Å². The van der Waals surface area contributed by atoms with Crippen LogP contribution in [0.5, 0.6) is 5.75 Å². The average molecular weight is 417 g/mol. The van der Waals surface area contributed by atoms with E-state index in [1.165, 1.54) is 7.05 Å². The lowest BCUT2D eigenvalue weighted by molar-refractivity contribution is -0.113. The minimum atomic E-state index is -0.486. The Hall–Kier alpha value is -3.34. The molecule has 3 aromatic rings. The van der Waals surface area contributed by atoms with E-state index in [-0.39, 0.29) is 29.2 Å². The third-order valence-electron chi connectivity index (χ3n) is 4.07. The first-order valence-corrected chi connectivity index (χ1v) is 9.54. The molecule has 0 saturated heterocycles. The molecule has 2 heterocycles. The number of benzene rings is 1. The molecule has 0 spiro atoms. The van der Waals surface area contributed by atoms with E-state index in [9.17, 15) is 14.4 Å². The number of nitrogens with one attached hydrogen (secondary N) is 2. The second-order valence-corrected chi connectivity index (χ2v) is 7.03. The van der Waals surface area contributed by atoms with E-state index < -0.39 is 11.2 Å². The number of carbonyl (C=O) groups is 1. The van der Waals surface area contributed by atoms with Crippen LogP contribution in [0, 0.1) is 6.92 Å². The molecule has 2 N–H and O–H groups in total. The van der Waals surface area contributed by atoms with E-state index in [1.54, 1.807) is 38.3 Å². The first-order chi connectivity index (χ1) is 13.9. The highest BCUT2D eigenvalue weighted by molar-refractivity contribution is 7.99. The number of aryl methyl sites for hydroxylation is 1. The van der Waals surface area contributed by atoms with Crippen LogP contribution in [0.2, 0.25) is 0 Å². The Morgan fingerprint density at radius 2 is 2.14 bits per heavy atom. The van der Waals surface area contributed by atoms with Gasteiger partial charge in [0, 0.05) is 30.1 Å². The van der Waals surface area contributed by atoms with Gasteiger partial charge in [-0.1, -0.05) is 17.8 Å². The second kappa shape index (κ2) is 8.78. The van der Waals surface area contributed by atoms with Crippen LogP contribution >= 0.6 is 11.8 Å². The van der Waals surface area contributed by atoms with Crippen molar-refractivity contribution in [3.05, 3.63) is 62.3 Å². The van der Waals surface area contributed by atoms with Gasteiger partial charge in [0.1, 0.15) is 5.75 Å². The number of carbonyl (C=O) groups excluding carboxylic acids is 1. The van der Waals surface area contributed by atoms with Crippen molar-refractivity contribution in [2.75, 3.05) is 18.2 Å². The lowest BCUT2D eigenvalue weighted by Gasteiger charge is -2.06. The summed E-state index contributed by atoms with van der Waals surface area (Å²) in [5, 5.41) is 10.7. The van der Waals surface area contributed by atoms with Gasteiger partial charge in [0.05, 0.1) is 19.3 Å². The molecular formula is C18H19N5O5S. The van der Waals surface area contributed by atoms with Crippen LogP contribution in [-0.2, 0) is 18.3 Å². The molecule has 0 unspecified atom stereocenters. The monoisotopic (exact) mass is 417 g/mol. The van der Waals surface area contributed by atoms with Gasteiger partial charge >= 0.3 is 5.69 Å². The number of hydrogen-bond donors (Lipinski definition) is 2. The molecule has 0 aliphatic carbocycles. The van der Waals surface area contributed by atoms with Gasteiger partial charge in [-0.2, -0.15) is 0 Å². The Kier molecular flexibility index (Phi) is 6.17. The van der Waals surface area contributed by atoms with E-state index in [0.717, 1.165) is 16.3 Å². The van der Waals surface area contributed by atoms with Gasteiger partial charge in [-0.05, 0) is 19.1 Å². The van der Waals surface area contributed by atoms with Crippen molar-refractivity contribution in [1.82, 2.24) is 19.7 Å². The summed E-state index contributed by atoms with van der Waals surface area (Å²) in [6.45, 7) is 1.63. The molecule has 29 heavy (non-hydrogen) atoms. The lowest BCUT2D eigenvalue weighted by Crippen LogP contribution is -2.36. The highest BCUT2D eigenvalue weighted by Crippen LogP contribution is 2.20. The molecule has 0 atom stereocenters. The molecule has 2 aromatic heterocycles. The smallest absolute Gasteiger partial charge is 0.328 e. The third kappa shape index (κ3) is 4.93. The third-order valence-corrected chi connectivity index (χ3v) is 4.89. The van der Waals surface area contributed by atoms with E-state index in [4.69, 9.17) is 9.15 Å². The van der Waals surface area contributed by atoms with Gasteiger partial charge in [0.25, 0.3) is 10.8 Å². The Bertz CT molecular complexity index is 1150. The van der Waals surface area contributed by atoms with Crippen molar-refractivity contribution in [3.63, 3.8) is 0 Å². The SMILES string of the molecule is COc1cccc(NC(=O)CSc2nnc(Cc3c(C)[nH]c(=O)n(C)c3=O)o2)c1. The minimum Gasteiger partial charge on any atom is -0.497 e. The molecule has 0 aliphatic rings. The van der Waals surface area contributed by atoms with Crippen LogP contribution in [0.3, 0.4) is 0 Å². The van der Waals surface area contributed by atoms with Gasteiger partial charge in [-0.3, -0.25) is 14.2 Å². The van der Waals surface area contributed by atoms with Crippen molar-refractivity contribution in [2.45, 2.75) is 18.6 Å². The molecular weight excluding hydrogens is 398 g/mol. The first-order valence-electron chi connectivity index (χ1n) is 8.55. The Labute approximate surface area is 169 Å². The highest BCUT2D eigenvalue weighted by atomic mass is 32.2. The summed E-state index contributed by atoms with van der Waals surface area (Å²) < 4.78 is 11.6. The van der Waals surface area contributed by atoms with Gasteiger partial charge in [-0.15, -0.1) is 10.2 Å². The molecule has 152 valence electrons. The maximum Gasteiger partial charge on any atom is 0.328 e. The summed E-state index contributed by atoms with van der Waals surface area (Å²) in [5.74, 6) is 0.681. The first kappa shape index (κ1) is 20.4. The number of methoxy groups -OCH3 is 1. The Morgan fingerprint density at radius 1 is 1.34 bits per heavy atom. The minimum absolute atomic E-state index is 0.0678. The number of rotatable bonds is 7.